The molecule has 0 radical (unpaired) electrons. The minimum atomic E-state index is -5.13. The van der Waals surface area contributed by atoms with Gasteiger partial charge in [-0.15, -0.1) is 0 Å². The van der Waals surface area contributed by atoms with Gasteiger partial charge in [0.15, 0.2) is 17.2 Å². The summed E-state index contributed by atoms with van der Waals surface area (Å²) in [6.45, 7) is 4.14. The number of aromatic hydroxyl groups is 1. The Kier molecular flexibility index (Phi) is 5.04. The number of hydrogen-bond acceptors (Lipinski definition) is 5. The number of benzene rings is 2. The highest BCUT2D eigenvalue weighted by Gasteiger charge is 2.66. The predicted molar refractivity (Wildman–Crippen MR) is 107 cm³/mol. The van der Waals surface area contributed by atoms with E-state index in [0.717, 1.165) is 6.92 Å². The average molecular weight is 453 g/mol. The standard InChI is InChI=1S/C22H20F5N3O2/c1-9-10(2)21(32,22(25,26)27)20(12-7-14(23)18(24)19(31)17(9)12)30-16-6-4-5-15-13(16)8-28-11(3)29-15/h4-10,20,30-32H,1-3H3/t9-,10-,20+,21-/m1/s1. The van der Waals surface area contributed by atoms with Gasteiger partial charge in [-0.1, -0.05) is 19.9 Å². The highest BCUT2D eigenvalue weighted by molar-refractivity contribution is 5.91. The molecule has 2 aromatic carbocycles. The van der Waals surface area contributed by atoms with Crippen molar-refractivity contribution in [1.82, 2.24) is 9.97 Å². The van der Waals surface area contributed by atoms with E-state index in [2.05, 4.69) is 15.3 Å². The van der Waals surface area contributed by atoms with Crippen LogP contribution >= 0.6 is 0 Å². The van der Waals surface area contributed by atoms with Crippen LogP contribution in [0.1, 0.15) is 42.8 Å². The van der Waals surface area contributed by atoms with Crippen LogP contribution in [0.3, 0.4) is 0 Å². The van der Waals surface area contributed by atoms with Gasteiger partial charge in [-0.25, -0.2) is 14.4 Å². The van der Waals surface area contributed by atoms with Crippen molar-refractivity contribution in [2.45, 2.75) is 44.5 Å². The molecule has 3 aromatic rings. The van der Waals surface area contributed by atoms with Crippen molar-refractivity contribution in [2.75, 3.05) is 5.32 Å². The third kappa shape index (κ3) is 3.08. The van der Waals surface area contributed by atoms with Crippen molar-refractivity contribution >= 4 is 16.6 Å². The van der Waals surface area contributed by atoms with Crippen LogP contribution in [-0.4, -0.2) is 32.0 Å². The molecular weight excluding hydrogens is 433 g/mol. The predicted octanol–water partition coefficient (Wildman–Crippen LogP) is 5.12. The second-order valence-electron chi connectivity index (χ2n) is 8.16. The summed E-state index contributed by atoms with van der Waals surface area (Å²) >= 11 is 0. The molecule has 4 rings (SSSR count). The first-order chi connectivity index (χ1) is 14.9. The van der Waals surface area contributed by atoms with Crippen molar-refractivity contribution in [3.63, 3.8) is 0 Å². The molecule has 0 unspecified atom stereocenters. The van der Waals surface area contributed by atoms with Crippen molar-refractivity contribution in [1.29, 1.82) is 0 Å². The Bertz CT molecular complexity index is 1220. The molecule has 0 aliphatic heterocycles. The Balaban J connectivity index is 1.99. The first-order valence-corrected chi connectivity index (χ1v) is 9.86. The molecule has 0 saturated heterocycles. The van der Waals surface area contributed by atoms with E-state index in [-0.39, 0.29) is 16.8 Å². The number of hydrogen-bond donors (Lipinski definition) is 3. The highest BCUT2D eigenvalue weighted by Crippen LogP contribution is 2.57. The number of rotatable bonds is 2. The number of phenolic OH excluding ortho intramolecular Hbond substituents is 1. The maximum absolute atomic E-state index is 14.3. The Morgan fingerprint density at radius 1 is 1.16 bits per heavy atom. The molecule has 0 amide bonds. The van der Waals surface area contributed by atoms with Crippen LogP contribution in [0.5, 0.6) is 5.75 Å². The Hall–Kier alpha value is -3.01. The quantitative estimate of drug-likeness (QED) is 0.470. The summed E-state index contributed by atoms with van der Waals surface area (Å²) in [5.41, 5.74) is -3.31. The number of alkyl halides is 3. The topological polar surface area (TPSA) is 78.3 Å². The van der Waals surface area contributed by atoms with Gasteiger partial charge in [-0.2, -0.15) is 17.6 Å². The zero-order valence-electron chi connectivity index (χ0n) is 17.3. The lowest BCUT2D eigenvalue weighted by Gasteiger charge is -2.49. The SMILES string of the molecule is Cc1ncc2c(N[C@H]3c4cc(F)c(F)c(O)c4[C@H](C)[C@@H](C)[C@]3(O)C(F)(F)F)cccc2n1. The number of fused-ring (bicyclic) bond motifs is 2. The molecule has 3 N–H and O–H groups in total. The molecule has 1 aliphatic rings. The summed E-state index contributed by atoms with van der Waals surface area (Å²) < 4.78 is 71.2. The zero-order chi connectivity index (χ0) is 23.6. The summed E-state index contributed by atoms with van der Waals surface area (Å²) in [6.07, 6.45) is -3.71. The second kappa shape index (κ2) is 7.26. The van der Waals surface area contributed by atoms with E-state index >= 15 is 0 Å². The maximum Gasteiger partial charge on any atom is 0.419 e. The lowest BCUT2D eigenvalue weighted by molar-refractivity contribution is -0.289. The van der Waals surface area contributed by atoms with Gasteiger partial charge < -0.3 is 15.5 Å². The molecule has 5 nitrogen and oxygen atoms in total. The summed E-state index contributed by atoms with van der Waals surface area (Å²) in [4.78, 5) is 8.31. The normalized spacial score (nSPS) is 25.6. The minimum Gasteiger partial charge on any atom is -0.505 e. The van der Waals surface area contributed by atoms with E-state index in [0.29, 0.717) is 22.8 Å². The molecular formula is C22H20F5N3O2. The Morgan fingerprint density at radius 2 is 1.84 bits per heavy atom. The van der Waals surface area contributed by atoms with Crippen LogP contribution in [0.15, 0.2) is 30.5 Å². The highest BCUT2D eigenvalue weighted by atomic mass is 19.4. The van der Waals surface area contributed by atoms with E-state index in [4.69, 9.17) is 0 Å². The number of aryl methyl sites for hydroxylation is 1. The third-order valence-electron chi connectivity index (χ3n) is 6.42. The molecule has 1 aliphatic carbocycles. The molecule has 1 heterocycles. The third-order valence-corrected chi connectivity index (χ3v) is 6.42. The average Bonchev–Trinajstić information content (AvgIpc) is 2.72. The zero-order valence-corrected chi connectivity index (χ0v) is 17.3. The largest absolute Gasteiger partial charge is 0.505 e. The first-order valence-electron chi connectivity index (χ1n) is 9.86. The van der Waals surface area contributed by atoms with Gasteiger partial charge in [0.2, 0.25) is 5.82 Å². The molecule has 1 aromatic heterocycles. The summed E-state index contributed by atoms with van der Waals surface area (Å²) in [5, 5.41) is 24.4. The van der Waals surface area contributed by atoms with Crippen molar-refractivity contribution in [3.8, 4) is 5.75 Å². The fourth-order valence-corrected chi connectivity index (χ4v) is 4.53. The number of aromatic nitrogens is 2. The molecule has 170 valence electrons. The van der Waals surface area contributed by atoms with Gasteiger partial charge in [0, 0.05) is 28.8 Å². The monoisotopic (exact) mass is 453 g/mol. The molecule has 0 fully saturated rings. The van der Waals surface area contributed by atoms with Crippen LogP contribution in [0, 0.1) is 24.5 Å². The fraction of sp³-hybridized carbons (Fsp3) is 0.364. The minimum absolute atomic E-state index is 0.159. The van der Waals surface area contributed by atoms with Crippen molar-refractivity contribution in [2.24, 2.45) is 5.92 Å². The number of nitrogens with one attached hydrogen (secondary N) is 1. The number of phenols is 1. The van der Waals surface area contributed by atoms with Gasteiger partial charge in [0.25, 0.3) is 0 Å². The van der Waals surface area contributed by atoms with Gasteiger partial charge >= 0.3 is 6.18 Å². The molecule has 4 atom stereocenters. The number of aliphatic hydroxyl groups is 1. The fourth-order valence-electron chi connectivity index (χ4n) is 4.53. The number of anilines is 1. The number of halogens is 5. The van der Waals surface area contributed by atoms with E-state index in [1.54, 1.807) is 19.1 Å². The van der Waals surface area contributed by atoms with Crippen LogP contribution in [0.2, 0.25) is 0 Å². The van der Waals surface area contributed by atoms with Crippen LogP contribution < -0.4 is 5.32 Å². The summed E-state index contributed by atoms with van der Waals surface area (Å²) in [7, 11) is 0. The van der Waals surface area contributed by atoms with E-state index in [9.17, 15) is 32.2 Å². The number of nitrogens with zero attached hydrogens (tertiary/aromatic N) is 2. The molecule has 0 spiro atoms. The van der Waals surface area contributed by atoms with Gasteiger partial charge in [-0.05, 0) is 36.6 Å². The van der Waals surface area contributed by atoms with Gasteiger partial charge in [-0.3, -0.25) is 0 Å². The van der Waals surface area contributed by atoms with Gasteiger partial charge in [0.05, 0.1) is 11.6 Å². The van der Waals surface area contributed by atoms with Crippen LogP contribution in [-0.2, 0) is 0 Å². The van der Waals surface area contributed by atoms with Crippen molar-refractivity contribution < 1.29 is 32.2 Å². The smallest absolute Gasteiger partial charge is 0.419 e. The van der Waals surface area contributed by atoms with Crippen LogP contribution in [0.25, 0.3) is 10.9 Å². The lowest BCUT2D eigenvalue weighted by Crippen LogP contribution is -2.60. The van der Waals surface area contributed by atoms with Gasteiger partial charge in [0.1, 0.15) is 5.82 Å². The van der Waals surface area contributed by atoms with E-state index < -0.39 is 47.0 Å². The molecule has 0 saturated carbocycles. The molecule has 0 bridgehead atoms. The molecule has 10 heteroatoms. The molecule has 32 heavy (non-hydrogen) atoms. The van der Waals surface area contributed by atoms with E-state index in [1.807, 2.05) is 0 Å². The van der Waals surface area contributed by atoms with E-state index in [1.165, 1.54) is 19.2 Å². The maximum atomic E-state index is 14.3. The first kappa shape index (κ1) is 22.2. The Labute approximate surface area is 179 Å². The van der Waals surface area contributed by atoms with Crippen molar-refractivity contribution in [3.05, 3.63) is 59.0 Å². The lowest BCUT2D eigenvalue weighted by atomic mass is 9.64. The summed E-state index contributed by atoms with van der Waals surface area (Å²) in [6, 6.07) is 3.32. The Morgan fingerprint density at radius 3 is 2.50 bits per heavy atom. The second-order valence-corrected chi connectivity index (χ2v) is 8.16. The summed E-state index contributed by atoms with van der Waals surface area (Å²) in [5.74, 6) is -6.30. The van der Waals surface area contributed by atoms with Crippen LogP contribution in [0.4, 0.5) is 27.6 Å².